The molecule has 3 nitrogen and oxygen atoms in total. The Morgan fingerprint density at radius 3 is 2.67 bits per heavy atom. The van der Waals surface area contributed by atoms with Gasteiger partial charge in [0.15, 0.2) is 0 Å². The molecule has 1 unspecified atom stereocenters. The quantitative estimate of drug-likeness (QED) is 0.934. The molecule has 0 aliphatic heterocycles. The number of rotatable bonds is 4. The van der Waals surface area contributed by atoms with Crippen LogP contribution in [0.4, 0.5) is 0 Å². The topological polar surface area (TPSA) is 29.9 Å². The van der Waals surface area contributed by atoms with Gasteiger partial charge in [-0.3, -0.25) is 0 Å². The number of likely N-dealkylation sites (N-methyl/N-ethyl adjacent to an activating group) is 1. The fourth-order valence-electron chi connectivity index (χ4n) is 1.96. The molecule has 0 radical (unpaired) electrons. The number of nitrogens with one attached hydrogen (secondary N) is 1. The molecule has 0 spiro atoms. The van der Waals surface area contributed by atoms with Crippen molar-refractivity contribution in [2.45, 2.75) is 12.5 Å². The predicted octanol–water partition coefficient (Wildman–Crippen LogP) is 3.23. The molecular formula is C13H15Cl2N3. The highest BCUT2D eigenvalue weighted by molar-refractivity contribution is 6.42. The van der Waals surface area contributed by atoms with Gasteiger partial charge < -0.3 is 9.88 Å². The van der Waals surface area contributed by atoms with Crippen LogP contribution in [0.2, 0.25) is 10.0 Å². The molecule has 0 saturated carbocycles. The lowest BCUT2D eigenvalue weighted by atomic mass is 10.0. The van der Waals surface area contributed by atoms with Gasteiger partial charge in [0.05, 0.1) is 28.1 Å². The van der Waals surface area contributed by atoms with Gasteiger partial charge in [0.2, 0.25) is 0 Å². The lowest BCUT2D eigenvalue weighted by Crippen LogP contribution is -2.21. The molecule has 1 heterocycles. The van der Waals surface area contributed by atoms with Crippen molar-refractivity contribution in [3.63, 3.8) is 0 Å². The van der Waals surface area contributed by atoms with E-state index in [1.165, 1.54) is 0 Å². The minimum atomic E-state index is 0.203. The van der Waals surface area contributed by atoms with Gasteiger partial charge >= 0.3 is 0 Å². The summed E-state index contributed by atoms with van der Waals surface area (Å²) in [6.45, 7) is 0. The maximum atomic E-state index is 6.03. The first-order valence-electron chi connectivity index (χ1n) is 5.69. The minimum Gasteiger partial charge on any atom is -0.336 e. The molecule has 1 N–H and O–H groups in total. The Hall–Kier alpha value is -1.03. The second-order valence-corrected chi connectivity index (χ2v) is 5.04. The summed E-state index contributed by atoms with van der Waals surface area (Å²) in [5.41, 5.74) is 2.29. The van der Waals surface area contributed by atoms with Gasteiger partial charge in [0.25, 0.3) is 0 Å². The molecule has 96 valence electrons. The normalized spacial score (nSPS) is 12.7. The Labute approximate surface area is 117 Å². The summed E-state index contributed by atoms with van der Waals surface area (Å²) in [6, 6.07) is 5.93. The number of hydrogen-bond donors (Lipinski definition) is 1. The molecule has 0 aliphatic carbocycles. The Bertz CT molecular complexity index is 537. The van der Waals surface area contributed by atoms with E-state index in [1.54, 1.807) is 6.33 Å². The van der Waals surface area contributed by atoms with E-state index >= 15 is 0 Å². The molecule has 1 aromatic heterocycles. The van der Waals surface area contributed by atoms with Crippen molar-refractivity contribution in [1.29, 1.82) is 0 Å². The number of benzene rings is 1. The summed E-state index contributed by atoms with van der Waals surface area (Å²) in [5, 5.41) is 4.47. The number of halogens is 2. The highest BCUT2D eigenvalue weighted by atomic mass is 35.5. The van der Waals surface area contributed by atoms with E-state index in [1.807, 2.05) is 43.1 Å². The molecule has 5 heteroatoms. The molecule has 0 amide bonds. The van der Waals surface area contributed by atoms with Crippen molar-refractivity contribution in [2.24, 2.45) is 7.05 Å². The second-order valence-electron chi connectivity index (χ2n) is 4.22. The van der Waals surface area contributed by atoms with Crippen LogP contribution in [0.3, 0.4) is 0 Å². The van der Waals surface area contributed by atoms with E-state index < -0.39 is 0 Å². The predicted molar refractivity (Wildman–Crippen MR) is 75.2 cm³/mol. The number of aryl methyl sites for hydroxylation is 1. The Morgan fingerprint density at radius 2 is 2.11 bits per heavy atom. The molecule has 0 bridgehead atoms. The van der Waals surface area contributed by atoms with E-state index in [0.29, 0.717) is 10.0 Å². The van der Waals surface area contributed by atoms with Gasteiger partial charge in [-0.2, -0.15) is 0 Å². The number of nitrogens with zero attached hydrogens (tertiary/aromatic N) is 2. The fraction of sp³-hybridized carbons (Fsp3) is 0.308. The Balaban J connectivity index is 2.20. The van der Waals surface area contributed by atoms with Crippen LogP contribution >= 0.6 is 23.2 Å². The molecule has 18 heavy (non-hydrogen) atoms. The van der Waals surface area contributed by atoms with Crippen molar-refractivity contribution in [2.75, 3.05) is 7.05 Å². The third kappa shape index (κ3) is 2.86. The van der Waals surface area contributed by atoms with Crippen molar-refractivity contribution in [3.8, 4) is 0 Å². The van der Waals surface area contributed by atoms with Gasteiger partial charge in [0.1, 0.15) is 0 Å². The second kappa shape index (κ2) is 5.74. The molecule has 1 aromatic carbocycles. The third-order valence-electron chi connectivity index (χ3n) is 2.98. The summed E-state index contributed by atoms with van der Waals surface area (Å²) in [6.07, 6.45) is 4.51. The summed E-state index contributed by atoms with van der Waals surface area (Å²) < 4.78 is 2.01. The van der Waals surface area contributed by atoms with E-state index in [-0.39, 0.29) is 6.04 Å². The molecule has 0 fully saturated rings. The lowest BCUT2D eigenvalue weighted by Gasteiger charge is -2.17. The van der Waals surface area contributed by atoms with Crippen molar-refractivity contribution in [1.82, 2.24) is 14.9 Å². The highest BCUT2D eigenvalue weighted by Gasteiger charge is 2.14. The third-order valence-corrected chi connectivity index (χ3v) is 3.72. The van der Waals surface area contributed by atoms with E-state index in [0.717, 1.165) is 17.7 Å². The SMILES string of the molecule is CNC(Cc1ccc(Cl)c(Cl)c1)c1cncn1C. The summed E-state index contributed by atoms with van der Waals surface area (Å²) >= 11 is 11.9. The Kier molecular flexibility index (Phi) is 4.27. The lowest BCUT2D eigenvalue weighted by molar-refractivity contribution is 0.555. The van der Waals surface area contributed by atoms with Gasteiger partial charge in [-0.15, -0.1) is 0 Å². The van der Waals surface area contributed by atoms with Crippen LogP contribution in [0, 0.1) is 0 Å². The van der Waals surface area contributed by atoms with E-state index in [4.69, 9.17) is 23.2 Å². The number of aromatic nitrogens is 2. The maximum absolute atomic E-state index is 6.03. The van der Waals surface area contributed by atoms with Crippen LogP contribution < -0.4 is 5.32 Å². The van der Waals surface area contributed by atoms with Crippen molar-refractivity contribution >= 4 is 23.2 Å². The van der Waals surface area contributed by atoms with Gasteiger partial charge in [-0.25, -0.2) is 4.98 Å². The fourth-order valence-corrected chi connectivity index (χ4v) is 2.28. The largest absolute Gasteiger partial charge is 0.336 e. The van der Waals surface area contributed by atoms with Crippen LogP contribution in [-0.4, -0.2) is 16.6 Å². The van der Waals surface area contributed by atoms with Crippen molar-refractivity contribution in [3.05, 3.63) is 52.0 Å². The zero-order valence-corrected chi connectivity index (χ0v) is 11.8. The standard InChI is InChI=1S/C13H15Cl2N3/c1-16-12(13-7-17-8-18(13)2)6-9-3-4-10(14)11(15)5-9/h3-5,7-8,12,16H,6H2,1-2H3. The average Bonchev–Trinajstić information content (AvgIpc) is 2.77. The monoisotopic (exact) mass is 283 g/mol. The smallest absolute Gasteiger partial charge is 0.0946 e. The molecule has 0 aliphatic rings. The van der Waals surface area contributed by atoms with Gasteiger partial charge in [-0.1, -0.05) is 29.3 Å². The van der Waals surface area contributed by atoms with E-state index in [9.17, 15) is 0 Å². The summed E-state index contributed by atoms with van der Waals surface area (Å²) in [5.74, 6) is 0. The van der Waals surface area contributed by atoms with Crippen LogP contribution in [0.5, 0.6) is 0 Å². The highest BCUT2D eigenvalue weighted by Crippen LogP contribution is 2.25. The van der Waals surface area contributed by atoms with Crippen LogP contribution in [0.25, 0.3) is 0 Å². The van der Waals surface area contributed by atoms with Crippen LogP contribution in [-0.2, 0) is 13.5 Å². The van der Waals surface area contributed by atoms with Gasteiger partial charge in [0, 0.05) is 13.2 Å². The average molecular weight is 284 g/mol. The minimum absolute atomic E-state index is 0.203. The van der Waals surface area contributed by atoms with Crippen LogP contribution in [0.15, 0.2) is 30.7 Å². The van der Waals surface area contributed by atoms with E-state index in [2.05, 4.69) is 10.3 Å². The molecule has 2 rings (SSSR count). The Morgan fingerprint density at radius 1 is 1.33 bits per heavy atom. The zero-order chi connectivity index (χ0) is 13.1. The molecule has 1 atom stereocenters. The summed E-state index contributed by atoms with van der Waals surface area (Å²) in [4.78, 5) is 4.14. The van der Waals surface area contributed by atoms with Crippen LogP contribution in [0.1, 0.15) is 17.3 Å². The van der Waals surface area contributed by atoms with Gasteiger partial charge in [-0.05, 0) is 31.2 Å². The zero-order valence-electron chi connectivity index (χ0n) is 10.3. The number of hydrogen-bond acceptors (Lipinski definition) is 2. The summed E-state index contributed by atoms with van der Waals surface area (Å²) in [7, 11) is 3.93. The first-order chi connectivity index (χ1) is 8.61. The molecule has 2 aromatic rings. The van der Waals surface area contributed by atoms with Crippen molar-refractivity contribution < 1.29 is 0 Å². The molecular weight excluding hydrogens is 269 g/mol. The maximum Gasteiger partial charge on any atom is 0.0946 e. The first-order valence-corrected chi connectivity index (χ1v) is 6.45. The molecule has 0 saturated heterocycles. The number of imidazole rings is 1. The first kappa shape index (κ1) is 13.4.